The molecule has 0 aromatic rings. The Morgan fingerprint density at radius 2 is 1.86 bits per heavy atom. The molecule has 0 aliphatic carbocycles. The largest absolute Gasteiger partial charge is 0.512 e. The molecule has 1 rings (SSSR count). The van der Waals surface area contributed by atoms with Crippen molar-refractivity contribution >= 4 is 28.1 Å². The van der Waals surface area contributed by atoms with Gasteiger partial charge in [0, 0.05) is 24.3 Å². The predicted molar refractivity (Wildman–Crippen MR) is 97.7 cm³/mol. The van der Waals surface area contributed by atoms with Gasteiger partial charge in [-0.25, -0.2) is 9.59 Å². The lowest BCUT2D eigenvalue weighted by atomic mass is 9.79. The van der Waals surface area contributed by atoms with Crippen molar-refractivity contribution in [3.8, 4) is 0 Å². The third-order valence-electron chi connectivity index (χ3n) is 4.60. The Kier molecular flexibility index (Phi) is 8.24. The van der Waals surface area contributed by atoms with Crippen molar-refractivity contribution in [2.45, 2.75) is 72.3 Å². The highest BCUT2D eigenvalue weighted by molar-refractivity contribution is 7.85. The molecule has 0 saturated carbocycles. The van der Waals surface area contributed by atoms with Crippen LogP contribution in [0.1, 0.15) is 53.9 Å². The maximum atomic E-state index is 12.6. The van der Waals surface area contributed by atoms with Gasteiger partial charge in [0.15, 0.2) is 0 Å². The molecule has 4 atom stereocenters. The second kappa shape index (κ2) is 9.55. The average molecular weight is 423 g/mol. The summed E-state index contributed by atoms with van der Waals surface area (Å²) in [4.78, 5) is 36.0. The highest BCUT2D eigenvalue weighted by Gasteiger charge is 2.46. The van der Waals surface area contributed by atoms with Crippen molar-refractivity contribution in [1.29, 1.82) is 0 Å². The van der Waals surface area contributed by atoms with E-state index in [0.29, 0.717) is 6.42 Å². The number of carbonyl (C=O) groups is 3. The van der Waals surface area contributed by atoms with E-state index >= 15 is 0 Å². The topological polar surface area (TPSA) is 145 Å². The molecule has 2 N–H and O–H groups in total. The Morgan fingerprint density at radius 3 is 2.36 bits per heavy atom. The van der Waals surface area contributed by atoms with Gasteiger partial charge in [-0.15, -0.1) is 0 Å². The van der Waals surface area contributed by atoms with Gasteiger partial charge in [-0.1, -0.05) is 27.7 Å². The van der Waals surface area contributed by atoms with Crippen LogP contribution in [0.3, 0.4) is 0 Å². The van der Waals surface area contributed by atoms with E-state index in [0.717, 1.165) is 0 Å². The van der Waals surface area contributed by atoms with Crippen molar-refractivity contribution in [2.75, 3.05) is 5.75 Å². The minimum absolute atomic E-state index is 0.0798. The summed E-state index contributed by atoms with van der Waals surface area (Å²) in [5.74, 6) is -1.98. The summed E-state index contributed by atoms with van der Waals surface area (Å²) < 4.78 is 46.5. The summed E-state index contributed by atoms with van der Waals surface area (Å²) in [6.45, 7) is 8.12. The minimum Gasteiger partial charge on any atom is -0.422 e. The zero-order valence-corrected chi connectivity index (χ0v) is 17.6. The van der Waals surface area contributed by atoms with Gasteiger partial charge in [-0.05, 0) is 19.3 Å². The number of esters is 1. The van der Waals surface area contributed by atoms with Gasteiger partial charge in [-0.3, -0.25) is 9.35 Å². The third-order valence-corrected chi connectivity index (χ3v) is 5.35. The van der Waals surface area contributed by atoms with Crippen LogP contribution in [-0.2, 0) is 33.9 Å². The lowest BCUT2D eigenvalue weighted by Crippen LogP contribution is -2.46. The fourth-order valence-electron chi connectivity index (χ4n) is 2.92. The first kappa shape index (κ1) is 24.2. The monoisotopic (exact) mass is 423 g/mol. The van der Waals surface area contributed by atoms with Crippen LogP contribution >= 0.6 is 0 Å². The number of hydrogen-bond acceptors (Lipinski definition) is 8. The Balaban J connectivity index is 2.98. The predicted octanol–water partition coefficient (Wildman–Crippen LogP) is 1.64. The quantitative estimate of drug-likeness (QED) is 0.417. The molecular weight excluding hydrogens is 394 g/mol. The Bertz CT molecular complexity index is 689. The maximum absolute atomic E-state index is 12.6. The molecule has 0 radical (unpaired) electrons. The van der Waals surface area contributed by atoms with Crippen LogP contribution in [0, 0.1) is 11.3 Å². The maximum Gasteiger partial charge on any atom is 0.512 e. The van der Waals surface area contributed by atoms with E-state index in [4.69, 9.17) is 18.8 Å². The summed E-state index contributed by atoms with van der Waals surface area (Å²) >= 11 is 0. The van der Waals surface area contributed by atoms with Crippen LogP contribution in [-0.4, -0.2) is 55.2 Å². The highest BCUT2D eigenvalue weighted by Crippen LogP contribution is 2.34. The van der Waals surface area contributed by atoms with Crippen LogP contribution in [0.25, 0.3) is 0 Å². The van der Waals surface area contributed by atoms with Crippen LogP contribution in [0.4, 0.5) is 4.79 Å². The number of nitrogens with one attached hydrogen (secondary N) is 1. The number of ether oxygens (including phenoxy) is 3. The Morgan fingerprint density at radius 1 is 1.25 bits per heavy atom. The van der Waals surface area contributed by atoms with Crippen LogP contribution in [0.15, 0.2) is 0 Å². The first-order chi connectivity index (χ1) is 12.7. The fourth-order valence-corrected chi connectivity index (χ4v) is 3.50. The number of cyclic esters (lactones) is 3. The van der Waals surface area contributed by atoms with Gasteiger partial charge < -0.3 is 19.5 Å². The molecule has 11 heteroatoms. The lowest BCUT2D eigenvalue weighted by molar-refractivity contribution is -0.176. The Labute approximate surface area is 165 Å². The minimum atomic E-state index is -4.23. The summed E-state index contributed by atoms with van der Waals surface area (Å²) in [5, 5.41) is 2.59. The van der Waals surface area contributed by atoms with E-state index in [9.17, 15) is 22.8 Å². The second-order valence-electron chi connectivity index (χ2n) is 7.72. The average Bonchev–Trinajstić information content (AvgIpc) is 2.69. The smallest absolute Gasteiger partial charge is 0.422 e. The number of carbonyl (C=O) groups excluding carboxylic acids is 3. The van der Waals surface area contributed by atoms with Crippen LogP contribution in [0.2, 0.25) is 0 Å². The fraction of sp³-hybridized carbons (Fsp3) is 0.824. The molecule has 0 bridgehead atoms. The molecule has 28 heavy (non-hydrogen) atoms. The molecule has 1 fully saturated rings. The van der Waals surface area contributed by atoms with Gasteiger partial charge in [0.25, 0.3) is 16.4 Å². The van der Waals surface area contributed by atoms with Crippen molar-refractivity contribution in [2.24, 2.45) is 11.3 Å². The van der Waals surface area contributed by atoms with Crippen LogP contribution in [0.5, 0.6) is 0 Å². The Hall–Kier alpha value is -1.88. The molecule has 10 nitrogen and oxygen atoms in total. The number of rotatable bonds is 9. The van der Waals surface area contributed by atoms with Gasteiger partial charge >= 0.3 is 12.1 Å². The van der Waals surface area contributed by atoms with Gasteiger partial charge in [0.1, 0.15) is 0 Å². The zero-order chi connectivity index (χ0) is 21.7. The van der Waals surface area contributed by atoms with E-state index < -0.39 is 57.8 Å². The molecule has 0 aromatic carbocycles. The number of amides is 1. The van der Waals surface area contributed by atoms with E-state index in [-0.39, 0.29) is 18.8 Å². The molecule has 0 aromatic heterocycles. The molecule has 162 valence electrons. The molecule has 1 amide bonds. The first-order valence-corrected chi connectivity index (χ1v) is 10.7. The number of hydrogen-bond donors (Lipinski definition) is 2. The summed E-state index contributed by atoms with van der Waals surface area (Å²) in [5.41, 5.74) is -1.02. The molecular formula is C17H29NO9S. The molecule has 3 unspecified atom stereocenters. The van der Waals surface area contributed by atoms with E-state index in [1.54, 1.807) is 20.8 Å². The van der Waals surface area contributed by atoms with Crippen molar-refractivity contribution in [3.63, 3.8) is 0 Å². The summed E-state index contributed by atoms with van der Waals surface area (Å²) in [6, 6.07) is -0.685. The SMILES string of the molecule is CCC(C)C1OC(=O)O[C@H](C(C)(C)CC(CCS(=O)(=O)O)NC(C)=O)C(=O)O1. The zero-order valence-electron chi connectivity index (χ0n) is 16.8. The van der Waals surface area contributed by atoms with Crippen molar-refractivity contribution in [3.05, 3.63) is 0 Å². The molecule has 0 spiro atoms. The molecule has 1 aliphatic heterocycles. The van der Waals surface area contributed by atoms with Gasteiger partial charge in [0.2, 0.25) is 12.0 Å². The van der Waals surface area contributed by atoms with E-state index in [2.05, 4.69) is 5.32 Å². The van der Waals surface area contributed by atoms with Crippen molar-refractivity contribution in [1.82, 2.24) is 5.32 Å². The van der Waals surface area contributed by atoms with Gasteiger partial charge in [-0.2, -0.15) is 8.42 Å². The van der Waals surface area contributed by atoms with Crippen LogP contribution < -0.4 is 5.32 Å². The molecule has 1 saturated heterocycles. The standard InChI is InChI=1S/C17H29NO9S/c1-6-10(2)15-26-14(20)13(25-16(21)27-15)17(4,5)9-12(18-11(3)19)7-8-28(22,23)24/h10,12-13,15H,6-9H2,1-5H3,(H,18,19)(H,22,23,24)/t10?,12?,13-,15?/m0/s1. The lowest BCUT2D eigenvalue weighted by Gasteiger charge is -2.33. The molecule has 1 heterocycles. The first-order valence-electron chi connectivity index (χ1n) is 9.05. The second-order valence-corrected chi connectivity index (χ2v) is 9.29. The molecule has 1 aliphatic rings. The van der Waals surface area contributed by atoms with E-state index in [1.807, 2.05) is 6.92 Å². The van der Waals surface area contributed by atoms with Crippen molar-refractivity contribution < 1.29 is 41.6 Å². The van der Waals surface area contributed by atoms with E-state index in [1.165, 1.54) is 6.92 Å². The summed E-state index contributed by atoms with van der Waals surface area (Å²) in [6.07, 6.45) is -2.79. The summed E-state index contributed by atoms with van der Waals surface area (Å²) in [7, 11) is -4.23. The highest BCUT2D eigenvalue weighted by atomic mass is 32.2. The normalized spacial score (nSPS) is 22.9. The van der Waals surface area contributed by atoms with Gasteiger partial charge in [0.05, 0.1) is 5.75 Å². The third kappa shape index (κ3) is 7.63.